The molecule has 7 nitrogen and oxygen atoms in total. The number of carbonyl (C=O) groups is 1. The lowest BCUT2D eigenvalue weighted by Crippen LogP contribution is -2.38. The second-order valence-electron chi connectivity index (χ2n) is 6.07. The number of benzene rings is 1. The van der Waals surface area contributed by atoms with Crippen LogP contribution >= 0.6 is 35.3 Å². The molecule has 0 bridgehead atoms. The van der Waals surface area contributed by atoms with E-state index in [0.29, 0.717) is 21.5 Å². The molecule has 0 aliphatic carbocycles. The summed E-state index contributed by atoms with van der Waals surface area (Å²) in [5.41, 5.74) is 0.508. The summed E-state index contributed by atoms with van der Waals surface area (Å²) in [6.07, 6.45) is 0. The van der Waals surface area contributed by atoms with Crippen LogP contribution in [0.2, 0.25) is 0 Å². The maximum atomic E-state index is 14.1. The van der Waals surface area contributed by atoms with E-state index in [0.717, 1.165) is 6.07 Å². The average molecular weight is 572 g/mol. The summed E-state index contributed by atoms with van der Waals surface area (Å²) in [6, 6.07) is 3.38. The predicted molar refractivity (Wildman–Crippen MR) is 123 cm³/mol. The minimum absolute atomic E-state index is 0. The quantitative estimate of drug-likeness (QED) is 0.211. The number of alkyl halides is 2. The zero-order chi connectivity index (χ0) is 22.3. The number of aliphatic imine (C=N–C) groups is 1. The Morgan fingerprint density at radius 3 is 2.68 bits per heavy atom. The Hall–Kier alpha value is -2.09. The van der Waals surface area contributed by atoms with Gasteiger partial charge in [0.25, 0.3) is 0 Å². The summed E-state index contributed by atoms with van der Waals surface area (Å²) in [4.78, 5) is 20.8. The van der Waals surface area contributed by atoms with Crippen LogP contribution < -0.4 is 15.4 Å². The maximum Gasteiger partial charge on any atom is 0.387 e. The fourth-order valence-electron chi connectivity index (χ4n) is 2.54. The van der Waals surface area contributed by atoms with Crippen molar-refractivity contribution < 1.29 is 27.4 Å². The lowest BCUT2D eigenvalue weighted by Gasteiger charge is -2.17. The van der Waals surface area contributed by atoms with Gasteiger partial charge in [-0.25, -0.2) is 14.2 Å². The minimum Gasteiger partial charge on any atom is -0.462 e. The molecule has 0 aliphatic rings. The number of nitrogens with one attached hydrogen (secondary N) is 2. The first-order valence-electron chi connectivity index (χ1n) is 9.10. The summed E-state index contributed by atoms with van der Waals surface area (Å²) < 4.78 is 48.6. The molecule has 172 valence electrons. The standard InChI is InChI=1S/C19H23F3N4O3S.HI/c1-5-28-17(27)15-10(2)25-16(30-15)11(3)26-19(23-4)24-9-12-13(20)7-6-8-14(12)29-18(21)22;/h6-8,11,18H,5,9H2,1-4H3,(H2,23,24,26);1H. The number of halogens is 4. The van der Waals surface area contributed by atoms with Gasteiger partial charge in [-0.1, -0.05) is 6.07 Å². The molecule has 2 aromatic rings. The summed E-state index contributed by atoms with van der Waals surface area (Å²) in [7, 11) is 1.51. The molecule has 1 aromatic carbocycles. The number of aryl methyl sites for hydroxylation is 1. The lowest BCUT2D eigenvalue weighted by molar-refractivity contribution is -0.0506. The highest BCUT2D eigenvalue weighted by Crippen LogP contribution is 2.25. The van der Waals surface area contributed by atoms with Crippen molar-refractivity contribution in [1.29, 1.82) is 0 Å². The average Bonchev–Trinajstić information content (AvgIpc) is 3.08. The van der Waals surface area contributed by atoms with Gasteiger partial charge in [0, 0.05) is 19.2 Å². The fourth-order valence-corrected chi connectivity index (χ4v) is 3.50. The van der Waals surface area contributed by atoms with Crippen molar-refractivity contribution in [3.63, 3.8) is 0 Å². The topological polar surface area (TPSA) is 84.8 Å². The number of esters is 1. The van der Waals surface area contributed by atoms with Gasteiger partial charge in [0.1, 0.15) is 21.5 Å². The molecule has 2 rings (SSSR count). The summed E-state index contributed by atoms with van der Waals surface area (Å²) in [5, 5.41) is 6.56. The Kier molecular flexibility index (Phi) is 11.0. The molecule has 0 fully saturated rings. The number of thiazole rings is 1. The van der Waals surface area contributed by atoms with Gasteiger partial charge < -0.3 is 20.1 Å². The van der Waals surface area contributed by atoms with E-state index in [1.807, 2.05) is 6.92 Å². The number of ether oxygens (including phenoxy) is 2. The first-order chi connectivity index (χ1) is 14.3. The van der Waals surface area contributed by atoms with E-state index in [1.54, 1.807) is 13.8 Å². The molecule has 0 saturated carbocycles. The van der Waals surface area contributed by atoms with Crippen LogP contribution in [0, 0.1) is 12.7 Å². The molecule has 1 aromatic heterocycles. The summed E-state index contributed by atoms with van der Waals surface area (Å²) >= 11 is 1.20. The fraction of sp³-hybridized carbons (Fsp3) is 0.421. The Bertz CT molecular complexity index is 912. The minimum atomic E-state index is -3.07. The predicted octanol–water partition coefficient (Wildman–Crippen LogP) is 4.41. The molecule has 0 aliphatic heterocycles. The van der Waals surface area contributed by atoms with E-state index >= 15 is 0 Å². The van der Waals surface area contributed by atoms with Crippen LogP contribution in [-0.2, 0) is 11.3 Å². The van der Waals surface area contributed by atoms with Crippen molar-refractivity contribution in [2.45, 2.75) is 40.0 Å². The molecule has 1 atom stereocenters. The van der Waals surface area contributed by atoms with Crippen LogP contribution in [0.15, 0.2) is 23.2 Å². The first kappa shape index (κ1) is 26.9. The largest absolute Gasteiger partial charge is 0.462 e. The number of hydrogen-bond donors (Lipinski definition) is 2. The van der Waals surface area contributed by atoms with E-state index in [2.05, 4.69) is 25.3 Å². The van der Waals surface area contributed by atoms with Crippen molar-refractivity contribution in [2.24, 2.45) is 4.99 Å². The molecule has 12 heteroatoms. The number of guanidine groups is 1. The Labute approximate surface area is 199 Å². The van der Waals surface area contributed by atoms with E-state index in [-0.39, 0.29) is 54.5 Å². The number of rotatable bonds is 8. The third kappa shape index (κ3) is 7.52. The van der Waals surface area contributed by atoms with Gasteiger partial charge in [-0.3, -0.25) is 4.99 Å². The molecule has 0 radical (unpaired) electrons. The third-order valence-electron chi connectivity index (χ3n) is 3.95. The second kappa shape index (κ2) is 12.7. The van der Waals surface area contributed by atoms with Crippen molar-refractivity contribution in [3.8, 4) is 5.75 Å². The first-order valence-corrected chi connectivity index (χ1v) is 9.92. The second-order valence-corrected chi connectivity index (χ2v) is 7.10. The number of nitrogens with zero attached hydrogens (tertiary/aromatic N) is 2. The molecule has 1 unspecified atom stereocenters. The molecular weight excluding hydrogens is 548 g/mol. The van der Waals surface area contributed by atoms with Crippen LogP contribution in [0.3, 0.4) is 0 Å². The molecule has 31 heavy (non-hydrogen) atoms. The molecule has 1 heterocycles. The molecule has 0 saturated heterocycles. The number of aromatic nitrogens is 1. The van der Waals surface area contributed by atoms with Crippen LogP contribution in [0.1, 0.15) is 45.8 Å². The van der Waals surface area contributed by atoms with Gasteiger partial charge in [0.15, 0.2) is 5.96 Å². The Morgan fingerprint density at radius 2 is 2.06 bits per heavy atom. The molecule has 2 N–H and O–H groups in total. The number of carbonyl (C=O) groups excluding carboxylic acids is 1. The van der Waals surface area contributed by atoms with Crippen LogP contribution in [-0.4, -0.2) is 37.2 Å². The molecular formula is C19H24F3IN4O3S. The summed E-state index contributed by atoms with van der Waals surface area (Å²) in [6.45, 7) is 2.32. The van der Waals surface area contributed by atoms with Crippen LogP contribution in [0.5, 0.6) is 5.75 Å². The normalized spacial score (nSPS) is 12.2. The van der Waals surface area contributed by atoms with Gasteiger partial charge in [-0.15, -0.1) is 35.3 Å². The van der Waals surface area contributed by atoms with Crippen molar-refractivity contribution >= 4 is 47.2 Å². The van der Waals surface area contributed by atoms with E-state index in [1.165, 1.54) is 30.5 Å². The smallest absolute Gasteiger partial charge is 0.387 e. The Morgan fingerprint density at radius 1 is 1.35 bits per heavy atom. The summed E-state index contributed by atoms with van der Waals surface area (Å²) in [5.74, 6) is -1.08. The van der Waals surface area contributed by atoms with Crippen LogP contribution in [0.4, 0.5) is 13.2 Å². The van der Waals surface area contributed by atoms with Crippen molar-refractivity contribution in [3.05, 3.63) is 45.2 Å². The number of hydrogen-bond acceptors (Lipinski definition) is 6. The molecule has 0 spiro atoms. The highest BCUT2D eigenvalue weighted by molar-refractivity contribution is 14.0. The van der Waals surface area contributed by atoms with Gasteiger partial charge in [-0.05, 0) is 32.9 Å². The zero-order valence-corrected chi connectivity index (χ0v) is 20.5. The highest BCUT2D eigenvalue weighted by Gasteiger charge is 2.20. The van der Waals surface area contributed by atoms with Gasteiger partial charge >= 0.3 is 12.6 Å². The highest BCUT2D eigenvalue weighted by atomic mass is 127. The zero-order valence-electron chi connectivity index (χ0n) is 17.4. The third-order valence-corrected chi connectivity index (χ3v) is 5.27. The van der Waals surface area contributed by atoms with Gasteiger partial charge in [-0.2, -0.15) is 8.78 Å². The Balaban J connectivity index is 0.00000480. The maximum absolute atomic E-state index is 14.1. The van der Waals surface area contributed by atoms with E-state index in [4.69, 9.17) is 4.74 Å². The van der Waals surface area contributed by atoms with Crippen molar-refractivity contribution in [2.75, 3.05) is 13.7 Å². The monoisotopic (exact) mass is 572 g/mol. The SMILES string of the molecule is CCOC(=O)c1sc(C(C)NC(=NC)NCc2c(F)cccc2OC(F)F)nc1C.I. The van der Waals surface area contributed by atoms with Gasteiger partial charge in [0.2, 0.25) is 0 Å². The van der Waals surface area contributed by atoms with Crippen LogP contribution in [0.25, 0.3) is 0 Å². The molecule has 0 amide bonds. The van der Waals surface area contributed by atoms with Gasteiger partial charge in [0.05, 0.1) is 18.3 Å². The van der Waals surface area contributed by atoms with E-state index in [9.17, 15) is 18.0 Å². The lowest BCUT2D eigenvalue weighted by atomic mass is 10.2. The van der Waals surface area contributed by atoms with E-state index < -0.39 is 18.4 Å². The van der Waals surface area contributed by atoms with Crippen molar-refractivity contribution in [1.82, 2.24) is 15.6 Å².